The summed E-state index contributed by atoms with van der Waals surface area (Å²) in [6.45, 7) is 2.75. The zero-order valence-electron chi connectivity index (χ0n) is 11.5. The molecule has 0 spiro atoms. The molecule has 2 aromatic carbocycles. The molecule has 0 bridgehead atoms. The van der Waals surface area contributed by atoms with Crippen molar-refractivity contribution in [2.24, 2.45) is 0 Å². The van der Waals surface area contributed by atoms with E-state index in [1.54, 1.807) is 7.11 Å². The molecule has 0 aliphatic heterocycles. The van der Waals surface area contributed by atoms with Crippen molar-refractivity contribution in [3.8, 4) is 0 Å². The predicted octanol–water partition coefficient (Wildman–Crippen LogP) is 3.27. The molecule has 2 aromatic rings. The smallest absolute Gasteiger partial charge is 0.104 e. The molecule has 100 valence electrons. The number of ether oxygens (including phenoxy) is 1. The molecule has 2 nitrogen and oxygen atoms in total. The van der Waals surface area contributed by atoms with Gasteiger partial charge in [0.2, 0.25) is 0 Å². The molecule has 2 rings (SSSR count). The summed E-state index contributed by atoms with van der Waals surface area (Å²) in [5.41, 5.74) is 4.24. The highest BCUT2D eigenvalue weighted by molar-refractivity contribution is 5.33. The van der Waals surface area contributed by atoms with E-state index in [0.717, 1.165) is 29.7 Å². The quantitative estimate of drug-likeness (QED) is 0.889. The van der Waals surface area contributed by atoms with E-state index in [1.165, 1.54) is 5.56 Å². The number of aliphatic hydroxyl groups is 1. The number of methoxy groups -OCH3 is 1. The summed E-state index contributed by atoms with van der Waals surface area (Å²) in [6.07, 6.45) is 0.341. The maximum atomic E-state index is 10.4. The van der Waals surface area contributed by atoms with Crippen LogP contribution in [0.25, 0.3) is 0 Å². The minimum atomic E-state index is -0.559. The first-order valence-electron chi connectivity index (χ1n) is 6.53. The van der Waals surface area contributed by atoms with Crippen molar-refractivity contribution in [3.63, 3.8) is 0 Å². The Morgan fingerprint density at radius 2 is 1.79 bits per heavy atom. The Bertz CT molecular complexity index is 517. The van der Waals surface area contributed by atoms with Crippen LogP contribution in [-0.4, -0.2) is 18.8 Å². The van der Waals surface area contributed by atoms with Gasteiger partial charge in [0.1, 0.15) is 6.10 Å². The summed E-state index contributed by atoms with van der Waals surface area (Å²) in [7, 11) is 1.70. The lowest BCUT2D eigenvalue weighted by atomic mass is 9.98. The van der Waals surface area contributed by atoms with E-state index >= 15 is 0 Å². The van der Waals surface area contributed by atoms with Crippen LogP contribution in [0.15, 0.2) is 48.5 Å². The third-order valence-corrected chi connectivity index (χ3v) is 3.25. The molecule has 0 radical (unpaired) electrons. The maximum absolute atomic E-state index is 10.4. The number of hydrogen-bond acceptors (Lipinski definition) is 2. The van der Waals surface area contributed by atoms with Crippen LogP contribution in [0.4, 0.5) is 0 Å². The van der Waals surface area contributed by atoms with Gasteiger partial charge in [0, 0.05) is 7.11 Å². The van der Waals surface area contributed by atoms with Crippen molar-refractivity contribution in [2.45, 2.75) is 19.4 Å². The van der Waals surface area contributed by atoms with Crippen LogP contribution in [-0.2, 0) is 11.2 Å². The minimum absolute atomic E-state index is 0.559. The number of rotatable bonds is 5. The first kappa shape index (κ1) is 13.8. The van der Waals surface area contributed by atoms with Gasteiger partial charge in [-0.1, -0.05) is 54.1 Å². The topological polar surface area (TPSA) is 29.5 Å². The predicted molar refractivity (Wildman–Crippen MR) is 77.3 cm³/mol. The molecular formula is C17H20O2. The lowest BCUT2D eigenvalue weighted by molar-refractivity contribution is 0.202. The Balaban J connectivity index is 2.13. The third-order valence-electron chi connectivity index (χ3n) is 3.25. The van der Waals surface area contributed by atoms with Crippen LogP contribution in [0.1, 0.15) is 28.4 Å². The average Bonchev–Trinajstić information content (AvgIpc) is 2.45. The molecule has 0 amide bonds. The van der Waals surface area contributed by atoms with Gasteiger partial charge in [0.25, 0.3) is 0 Å². The van der Waals surface area contributed by atoms with Gasteiger partial charge in [0.15, 0.2) is 0 Å². The molecular weight excluding hydrogens is 236 g/mol. The second kappa shape index (κ2) is 6.50. The number of hydrogen-bond donors (Lipinski definition) is 1. The van der Waals surface area contributed by atoms with Gasteiger partial charge in [-0.15, -0.1) is 0 Å². The highest BCUT2D eigenvalue weighted by Gasteiger charge is 2.10. The second-order valence-electron chi connectivity index (χ2n) is 4.80. The molecule has 1 atom stereocenters. The molecule has 0 aliphatic rings. The van der Waals surface area contributed by atoms with E-state index in [-0.39, 0.29) is 0 Å². The largest absolute Gasteiger partial charge is 0.384 e. The molecule has 0 fully saturated rings. The minimum Gasteiger partial charge on any atom is -0.384 e. The van der Waals surface area contributed by atoms with E-state index in [2.05, 4.69) is 0 Å². The van der Waals surface area contributed by atoms with Crippen molar-refractivity contribution in [3.05, 3.63) is 70.8 Å². The number of aliphatic hydroxyl groups excluding tert-OH is 1. The SMILES string of the molecule is COCCc1ccc(C(O)c2cccc(C)c2)cc1. The Labute approximate surface area is 114 Å². The lowest BCUT2D eigenvalue weighted by Gasteiger charge is -2.12. The molecule has 1 unspecified atom stereocenters. The summed E-state index contributed by atoms with van der Waals surface area (Å²) in [5, 5.41) is 10.4. The summed E-state index contributed by atoms with van der Waals surface area (Å²) in [4.78, 5) is 0. The Morgan fingerprint density at radius 3 is 2.42 bits per heavy atom. The number of aryl methyl sites for hydroxylation is 1. The fraction of sp³-hybridized carbons (Fsp3) is 0.294. The van der Waals surface area contributed by atoms with Gasteiger partial charge in [-0.05, 0) is 30.0 Å². The highest BCUT2D eigenvalue weighted by Crippen LogP contribution is 2.22. The van der Waals surface area contributed by atoms with Crippen LogP contribution in [0.3, 0.4) is 0 Å². The van der Waals surface area contributed by atoms with E-state index < -0.39 is 6.10 Å². The van der Waals surface area contributed by atoms with Crippen molar-refractivity contribution in [1.82, 2.24) is 0 Å². The van der Waals surface area contributed by atoms with E-state index in [0.29, 0.717) is 0 Å². The zero-order chi connectivity index (χ0) is 13.7. The zero-order valence-corrected chi connectivity index (χ0v) is 11.5. The van der Waals surface area contributed by atoms with E-state index in [1.807, 2.05) is 55.5 Å². The van der Waals surface area contributed by atoms with Gasteiger partial charge in [-0.3, -0.25) is 0 Å². The van der Waals surface area contributed by atoms with Gasteiger partial charge in [0.05, 0.1) is 6.61 Å². The molecule has 2 heteroatoms. The first-order chi connectivity index (χ1) is 9.20. The first-order valence-corrected chi connectivity index (χ1v) is 6.53. The van der Waals surface area contributed by atoms with Crippen LogP contribution < -0.4 is 0 Å². The van der Waals surface area contributed by atoms with Crippen LogP contribution in [0.5, 0.6) is 0 Å². The highest BCUT2D eigenvalue weighted by atomic mass is 16.5. The van der Waals surface area contributed by atoms with Crippen LogP contribution in [0, 0.1) is 6.92 Å². The van der Waals surface area contributed by atoms with Gasteiger partial charge >= 0.3 is 0 Å². The monoisotopic (exact) mass is 256 g/mol. The van der Waals surface area contributed by atoms with E-state index in [9.17, 15) is 5.11 Å². The lowest BCUT2D eigenvalue weighted by Crippen LogP contribution is -2.01. The molecule has 1 N–H and O–H groups in total. The van der Waals surface area contributed by atoms with Crippen LogP contribution >= 0.6 is 0 Å². The van der Waals surface area contributed by atoms with Gasteiger partial charge in [-0.25, -0.2) is 0 Å². The number of benzene rings is 2. The standard InChI is InChI=1S/C17H20O2/c1-13-4-3-5-16(12-13)17(18)15-8-6-14(7-9-15)10-11-19-2/h3-9,12,17-18H,10-11H2,1-2H3. The van der Waals surface area contributed by atoms with Gasteiger partial charge < -0.3 is 9.84 Å². The summed E-state index contributed by atoms with van der Waals surface area (Å²) >= 11 is 0. The normalized spacial score (nSPS) is 12.4. The molecule has 0 aromatic heterocycles. The Morgan fingerprint density at radius 1 is 1.05 bits per heavy atom. The fourth-order valence-electron chi connectivity index (χ4n) is 2.12. The average molecular weight is 256 g/mol. The van der Waals surface area contributed by atoms with Crippen molar-refractivity contribution in [2.75, 3.05) is 13.7 Å². The van der Waals surface area contributed by atoms with Crippen LogP contribution in [0.2, 0.25) is 0 Å². The van der Waals surface area contributed by atoms with Crippen molar-refractivity contribution < 1.29 is 9.84 Å². The molecule has 0 saturated heterocycles. The molecule has 0 saturated carbocycles. The van der Waals surface area contributed by atoms with E-state index in [4.69, 9.17) is 4.74 Å². The second-order valence-corrected chi connectivity index (χ2v) is 4.80. The van der Waals surface area contributed by atoms with Crippen molar-refractivity contribution in [1.29, 1.82) is 0 Å². The molecule has 19 heavy (non-hydrogen) atoms. The summed E-state index contributed by atoms with van der Waals surface area (Å²) < 4.78 is 5.06. The Kier molecular flexibility index (Phi) is 4.72. The maximum Gasteiger partial charge on any atom is 0.104 e. The molecule has 0 heterocycles. The third kappa shape index (κ3) is 3.66. The Hall–Kier alpha value is -1.64. The van der Waals surface area contributed by atoms with Crippen molar-refractivity contribution >= 4 is 0 Å². The van der Waals surface area contributed by atoms with Gasteiger partial charge in [-0.2, -0.15) is 0 Å². The molecule has 0 aliphatic carbocycles. The summed E-state index contributed by atoms with van der Waals surface area (Å²) in [5.74, 6) is 0. The summed E-state index contributed by atoms with van der Waals surface area (Å²) in [6, 6.07) is 16.0. The fourth-order valence-corrected chi connectivity index (χ4v) is 2.12.